The molecule has 0 aromatic heterocycles. The summed E-state index contributed by atoms with van der Waals surface area (Å²) in [5.41, 5.74) is 0. The van der Waals surface area contributed by atoms with Crippen molar-refractivity contribution in [2.75, 3.05) is 0 Å². The molecule has 0 bridgehead atoms. The number of hydrogen-bond acceptors (Lipinski definition) is 1. The van der Waals surface area contributed by atoms with Gasteiger partial charge in [0.2, 0.25) is 0 Å². The van der Waals surface area contributed by atoms with Crippen LogP contribution in [0.5, 0.6) is 0 Å². The summed E-state index contributed by atoms with van der Waals surface area (Å²) in [7, 11) is 0. The van der Waals surface area contributed by atoms with Gasteiger partial charge in [-0.25, -0.2) is 0 Å². The molecule has 0 radical (unpaired) electrons. The van der Waals surface area contributed by atoms with E-state index in [0.717, 1.165) is 4.48 Å². The van der Waals surface area contributed by atoms with Crippen molar-refractivity contribution in [2.45, 2.75) is 0 Å². The molecule has 0 spiro atoms. The number of aliphatic imine (C=N–C) groups is 1. The van der Waals surface area contributed by atoms with Crippen LogP contribution in [0.2, 0.25) is 0 Å². The molecule has 4 heteroatoms. The Bertz CT molecular complexity index is 132. The molecule has 0 rings (SSSR count). The monoisotopic (exact) mass is 455 g/mol. The van der Waals surface area contributed by atoms with E-state index >= 15 is 0 Å². The van der Waals surface area contributed by atoms with Gasteiger partial charge in [0.05, 0.1) is 0 Å². The molecule has 0 N–H and O–H groups in total. The number of rotatable bonds is 2. The van der Waals surface area contributed by atoms with Crippen LogP contribution in [0.3, 0.4) is 0 Å². The molecule has 0 aliphatic carbocycles. The molecule has 8 heavy (non-hydrogen) atoms. The average Bonchev–Trinajstić information content (AvgIpc) is 1.83. The number of halogens is 2. The maximum atomic E-state index is 3.88. The Morgan fingerprint density at radius 3 is 2.75 bits per heavy atom. The van der Waals surface area contributed by atoms with Crippen molar-refractivity contribution in [1.82, 2.24) is 0 Å². The Morgan fingerprint density at radius 1 is 1.75 bits per heavy atom. The molecule has 44 valence electrons. The fourth-order valence-electron chi connectivity index (χ4n) is 0.130. The van der Waals surface area contributed by atoms with E-state index in [4.69, 9.17) is 0 Å². The van der Waals surface area contributed by atoms with Crippen LogP contribution in [0.15, 0.2) is 15.7 Å². The summed E-state index contributed by atoms with van der Waals surface area (Å²) in [6.07, 6.45) is 1.76. The summed E-state index contributed by atoms with van der Waals surface area (Å²) in [5.74, 6) is 0. The molecule has 0 saturated heterocycles. The second-order valence-corrected chi connectivity index (χ2v) is 3.20. The first kappa shape index (κ1) is 9.18. The van der Waals surface area contributed by atoms with Crippen LogP contribution < -0.4 is 0 Å². The van der Waals surface area contributed by atoms with Crippen molar-refractivity contribution in [1.29, 1.82) is 0 Å². The van der Waals surface area contributed by atoms with Crippen LogP contribution in [0, 0.1) is 0 Å². The molecular formula is C4H3BrINW. The predicted octanol–water partition coefficient (Wildman–Crippen LogP) is 2.04. The van der Waals surface area contributed by atoms with Gasteiger partial charge in [0, 0.05) is 0 Å². The second-order valence-electron chi connectivity index (χ2n) is 0.878. The van der Waals surface area contributed by atoms with Gasteiger partial charge in [-0.05, 0) is 0 Å². The minimum atomic E-state index is 1.04. The van der Waals surface area contributed by atoms with Crippen molar-refractivity contribution in [3.05, 3.63) is 10.7 Å². The standard InChI is InChI=1S/C4H3BrIN.W/c1-4(5)2-7-3-6;/h1-3H;/b4-2+,7-3?;. The van der Waals surface area contributed by atoms with Crippen molar-refractivity contribution in [2.24, 2.45) is 4.99 Å². The molecule has 0 atom stereocenters. The van der Waals surface area contributed by atoms with E-state index in [1.807, 2.05) is 4.40 Å². The Morgan fingerprint density at radius 2 is 2.38 bits per heavy atom. The van der Waals surface area contributed by atoms with Gasteiger partial charge in [0.25, 0.3) is 0 Å². The Labute approximate surface area is 81.3 Å². The van der Waals surface area contributed by atoms with Gasteiger partial charge in [-0.1, -0.05) is 0 Å². The summed E-state index contributed by atoms with van der Waals surface area (Å²) in [6, 6.07) is 0. The molecule has 0 aliphatic rings. The number of hydrogen-bond donors (Lipinski definition) is 0. The molecule has 0 fully saturated rings. The van der Waals surface area contributed by atoms with Crippen molar-refractivity contribution in [3.63, 3.8) is 0 Å². The topological polar surface area (TPSA) is 12.4 Å². The first-order valence-electron chi connectivity index (χ1n) is 1.74. The van der Waals surface area contributed by atoms with Crippen LogP contribution in [0.1, 0.15) is 0 Å². The summed E-state index contributed by atoms with van der Waals surface area (Å²) in [4.78, 5) is 3.88. The van der Waals surface area contributed by atoms with Gasteiger partial charge < -0.3 is 0 Å². The van der Waals surface area contributed by atoms with E-state index in [1.165, 1.54) is 19.4 Å². The zero-order chi connectivity index (χ0) is 6.41. The zero-order valence-electron chi connectivity index (χ0n) is 3.84. The molecule has 0 heterocycles. The van der Waals surface area contributed by atoms with Crippen molar-refractivity contribution < 1.29 is 19.4 Å². The van der Waals surface area contributed by atoms with Crippen molar-refractivity contribution >= 4 is 47.1 Å². The van der Waals surface area contributed by atoms with Gasteiger partial charge in [-0.3, -0.25) is 0 Å². The van der Waals surface area contributed by atoms with Crippen LogP contribution in [0.4, 0.5) is 0 Å². The minimum absolute atomic E-state index is 1.04. The van der Waals surface area contributed by atoms with Crippen LogP contribution in [0.25, 0.3) is 0 Å². The third-order valence-electron chi connectivity index (χ3n) is 0.367. The van der Waals surface area contributed by atoms with E-state index in [0.29, 0.717) is 0 Å². The van der Waals surface area contributed by atoms with E-state index in [1.54, 1.807) is 10.4 Å². The van der Waals surface area contributed by atoms with Gasteiger partial charge >= 0.3 is 82.2 Å². The molecule has 0 saturated carbocycles. The molecule has 0 aliphatic heterocycles. The van der Waals surface area contributed by atoms with Gasteiger partial charge in [-0.2, -0.15) is 0 Å². The van der Waals surface area contributed by atoms with E-state index in [2.05, 4.69) is 43.5 Å². The Balaban J connectivity index is 3.74. The molecule has 0 aromatic rings. The first-order chi connectivity index (χ1) is 3.81. The fourth-order valence-corrected chi connectivity index (χ4v) is 0.627. The van der Waals surface area contributed by atoms with Gasteiger partial charge in [-0.15, -0.1) is 0 Å². The summed E-state index contributed by atoms with van der Waals surface area (Å²) >= 11 is 6.78. The summed E-state index contributed by atoms with van der Waals surface area (Å²) < 4.78 is 4.78. The van der Waals surface area contributed by atoms with Crippen molar-refractivity contribution in [3.8, 4) is 0 Å². The molecule has 0 amide bonds. The summed E-state index contributed by atoms with van der Waals surface area (Å²) in [6.45, 7) is 0. The van der Waals surface area contributed by atoms with E-state index < -0.39 is 0 Å². The molecule has 1 nitrogen and oxygen atoms in total. The van der Waals surface area contributed by atoms with E-state index in [9.17, 15) is 0 Å². The Kier molecular flexibility index (Phi) is 7.23. The number of allylic oxidation sites excluding steroid dienone is 1. The first-order valence-corrected chi connectivity index (χ1v) is 5.47. The van der Waals surface area contributed by atoms with Gasteiger partial charge in [0.15, 0.2) is 0 Å². The third-order valence-corrected chi connectivity index (χ3v) is 3.23. The van der Waals surface area contributed by atoms with Crippen LogP contribution >= 0.6 is 38.5 Å². The van der Waals surface area contributed by atoms with Gasteiger partial charge in [0.1, 0.15) is 0 Å². The SMILES string of the molecule is Br/C([CH]=[W])=C/N=CI. The average molecular weight is 456 g/mol. The zero-order valence-corrected chi connectivity index (χ0v) is 10.5. The molecular weight excluding hydrogens is 453 g/mol. The Hall–Kier alpha value is 1.18. The summed E-state index contributed by atoms with van der Waals surface area (Å²) in [5, 5.41) is 0. The second kappa shape index (κ2) is 6.30. The predicted molar refractivity (Wildman–Crippen MR) is 45.6 cm³/mol. The van der Waals surface area contributed by atoms with Crippen LogP contribution in [-0.4, -0.2) is 8.62 Å². The molecule has 0 unspecified atom stereocenters. The molecule has 0 aromatic carbocycles. The third kappa shape index (κ3) is 5.32. The van der Waals surface area contributed by atoms with E-state index in [-0.39, 0.29) is 0 Å². The fraction of sp³-hybridized carbons (Fsp3) is 0. The normalized spacial score (nSPS) is 12.5. The van der Waals surface area contributed by atoms with Crippen LogP contribution in [-0.2, 0) is 19.4 Å². The maximum absolute atomic E-state index is 3.88. The quantitative estimate of drug-likeness (QED) is 0.446. The number of nitrogens with zero attached hydrogens (tertiary/aromatic N) is 1.